The fourth-order valence-electron chi connectivity index (χ4n) is 1.99. The topological polar surface area (TPSA) is 24.1 Å². The molecule has 4 heteroatoms. The van der Waals surface area contributed by atoms with Crippen LogP contribution >= 0.6 is 21.6 Å². The molecule has 3 rings (SSSR count). The van der Waals surface area contributed by atoms with Gasteiger partial charge in [-0.1, -0.05) is 68.1 Å². The molecule has 0 unspecified atom stereocenters. The Balaban J connectivity index is 0.000000871. The van der Waals surface area contributed by atoms with Crippen LogP contribution in [0.1, 0.15) is 32.7 Å². The lowest BCUT2D eigenvalue weighted by atomic mass is 10.3. The predicted molar refractivity (Wildman–Crippen MR) is 106 cm³/mol. The highest BCUT2D eigenvalue weighted by Crippen LogP contribution is 2.43. The van der Waals surface area contributed by atoms with Crippen LogP contribution in [0, 0.1) is 0 Å². The lowest BCUT2D eigenvalue weighted by Gasteiger charge is -2.10. The van der Waals surface area contributed by atoms with Gasteiger partial charge in [0.2, 0.25) is 0 Å². The van der Waals surface area contributed by atoms with Crippen LogP contribution in [0.2, 0.25) is 0 Å². The van der Waals surface area contributed by atoms with Crippen molar-refractivity contribution in [2.24, 2.45) is 0 Å². The van der Waals surface area contributed by atoms with Crippen LogP contribution < -0.4 is 10.6 Å². The third-order valence-corrected chi connectivity index (χ3v) is 5.46. The number of hydrogen-bond donors (Lipinski definition) is 2. The molecule has 2 aromatic rings. The van der Waals surface area contributed by atoms with Gasteiger partial charge in [0, 0.05) is 38.4 Å². The second kappa shape index (κ2) is 10.5. The Morgan fingerprint density at radius 1 is 0.727 bits per heavy atom. The normalized spacial score (nSPS) is 14.0. The molecule has 0 bridgehead atoms. The van der Waals surface area contributed by atoms with Crippen molar-refractivity contribution < 1.29 is 4.11 Å². The molecule has 1 aliphatic heterocycles. The van der Waals surface area contributed by atoms with E-state index in [0.29, 0.717) is 0 Å². The van der Waals surface area contributed by atoms with Gasteiger partial charge in [0.15, 0.2) is 0 Å². The van der Waals surface area contributed by atoms with Crippen molar-refractivity contribution in [2.45, 2.75) is 38.4 Å². The average Bonchev–Trinajstić information content (AvgIpc) is 2.76. The van der Waals surface area contributed by atoms with E-state index in [-0.39, 0.29) is 0 Å². The van der Waals surface area contributed by atoms with Gasteiger partial charge < -0.3 is 10.6 Å². The summed E-state index contributed by atoms with van der Waals surface area (Å²) in [5, 5.41) is 7.03. The molecule has 0 fully saturated rings. The first-order valence-electron chi connectivity index (χ1n) is 9.44. The molecule has 2 aromatic carbocycles. The summed E-state index contributed by atoms with van der Waals surface area (Å²) in [5.41, 5.74) is 2.47. The van der Waals surface area contributed by atoms with E-state index in [0.717, 1.165) is 19.5 Å². The monoisotopic (exact) mass is 342 g/mol. The number of fused-ring (bicyclic) bond motifs is 2. The highest BCUT2D eigenvalue weighted by atomic mass is 33.1. The van der Waals surface area contributed by atoms with Gasteiger partial charge in [0.1, 0.15) is 0 Å². The standard InChI is InChI=1S/C15H16N2S2.3CH4/c1-3-8-14-12(6-1)16-10-5-11-17-13-7-2-4-9-15(13)19-18-14;;;/h1-4,6-9,16-17H,5,10-11H2;3*1H4/i;3*1T. The summed E-state index contributed by atoms with van der Waals surface area (Å²) in [7, 11) is 7.37. The first kappa shape index (κ1) is 15.6. The molecule has 0 radical (unpaired) electrons. The highest BCUT2D eigenvalue weighted by Gasteiger charge is 2.08. The highest BCUT2D eigenvalue weighted by molar-refractivity contribution is 8.76. The van der Waals surface area contributed by atoms with Crippen molar-refractivity contribution in [1.29, 1.82) is 0 Å². The van der Waals surface area contributed by atoms with Crippen molar-refractivity contribution in [3.05, 3.63) is 48.5 Å². The minimum atomic E-state index is 0.997. The Morgan fingerprint density at radius 2 is 1.14 bits per heavy atom. The van der Waals surface area contributed by atoms with Gasteiger partial charge in [0.05, 0.1) is 0 Å². The maximum atomic E-state index is 5.75. The maximum absolute atomic E-state index is 5.75. The van der Waals surface area contributed by atoms with E-state index in [4.69, 9.17) is 4.11 Å². The number of rotatable bonds is 0. The van der Waals surface area contributed by atoms with Crippen molar-refractivity contribution in [3.8, 4) is 0 Å². The molecule has 0 saturated carbocycles. The molecule has 0 aliphatic carbocycles. The van der Waals surface area contributed by atoms with Gasteiger partial charge in [-0.2, -0.15) is 0 Å². The number of nitrogens with one attached hydrogen (secondary N) is 2. The van der Waals surface area contributed by atoms with E-state index >= 15 is 0 Å². The Hall–Kier alpha value is -1.26. The van der Waals surface area contributed by atoms with Crippen LogP contribution in [0.5, 0.6) is 0 Å². The summed E-state index contributed by atoms with van der Waals surface area (Å²) < 4.78 is 17.2. The molecular formula is C18H28N2S2. The van der Waals surface area contributed by atoms with Gasteiger partial charge in [-0.05, 0) is 30.7 Å². The largest absolute Gasteiger partial charge is 0.384 e. The molecular weight excluding hydrogens is 308 g/mol. The number of benzene rings is 2. The minimum Gasteiger partial charge on any atom is -0.384 e. The summed E-state index contributed by atoms with van der Waals surface area (Å²) in [5.74, 6) is 0. The van der Waals surface area contributed by atoms with Gasteiger partial charge in [-0.3, -0.25) is 0 Å². The molecule has 2 nitrogen and oxygen atoms in total. The van der Waals surface area contributed by atoms with Crippen molar-refractivity contribution in [3.63, 3.8) is 0 Å². The maximum Gasteiger partial charge on any atom is 0.0487 e. The van der Waals surface area contributed by atoms with Crippen LogP contribution in [-0.2, 0) is 0 Å². The SMILES string of the molecule is [3H]C.[3H]C.[3H]C.c1ccc2c(c1)NCCCNc1ccccc1SS2. The average molecular weight is 343 g/mol. The summed E-state index contributed by atoms with van der Waals surface area (Å²) in [6, 6.07) is 17.0. The van der Waals surface area contributed by atoms with Gasteiger partial charge in [-0.15, -0.1) is 0 Å². The smallest absolute Gasteiger partial charge is 0.0487 e. The van der Waals surface area contributed by atoms with E-state index in [1.54, 1.807) is 0 Å². The molecule has 1 aliphatic rings. The fourth-order valence-corrected chi connectivity index (χ4v) is 4.31. The quantitative estimate of drug-likeness (QED) is 0.525. The second-order valence-corrected chi connectivity index (χ2v) is 6.58. The fraction of sp³-hybridized carbons (Fsp3) is 0.333. The molecule has 0 atom stereocenters. The molecule has 0 aromatic heterocycles. The molecule has 0 saturated heterocycles. The molecule has 0 amide bonds. The molecule has 22 heavy (non-hydrogen) atoms. The van der Waals surface area contributed by atoms with Crippen LogP contribution in [-0.4, -0.2) is 13.1 Å². The molecule has 2 N–H and O–H groups in total. The van der Waals surface area contributed by atoms with Crippen molar-refractivity contribution in [1.82, 2.24) is 0 Å². The van der Waals surface area contributed by atoms with Crippen LogP contribution in [0.15, 0.2) is 58.3 Å². The molecule has 122 valence electrons. The Bertz CT molecular complexity index is 522. The van der Waals surface area contributed by atoms with E-state index in [1.165, 1.54) is 43.4 Å². The summed E-state index contributed by atoms with van der Waals surface area (Å²) >= 11 is 0. The van der Waals surface area contributed by atoms with E-state index in [9.17, 15) is 0 Å². The van der Waals surface area contributed by atoms with E-state index in [1.807, 2.05) is 21.6 Å². The van der Waals surface area contributed by atoms with Crippen LogP contribution in [0.3, 0.4) is 0 Å². The zero-order chi connectivity index (χ0) is 18.9. The summed E-state index contributed by atoms with van der Waals surface area (Å²) in [4.78, 5) is 2.59. The van der Waals surface area contributed by atoms with Gasteiger partial charge >= 0.3 is 0 Å². The Labute approximate surface area is 148 Å². The van der Waals surface area contributed by atoms with Crippen molar-refractivity contribution in [2.75, 3.05) is 23.7 Å². The molecule has 0 spiro atoms. The zero-order valence-corrected chi connectivity index (χ0v) is 15.2. The first-order valence-corrected chi connectivity index (χ1v) is 8.59. The van der Waals surface area contributed by atoms with Crippen LogP contribution in [0.4, 0.5) is 11.4 Å². The summed E-state index contributed by atoms with van der Waals surface area (Å²) in [6.07, 6.45) is 1.11. The third kappa shape index (κ3) is 5.18. The lowest BCUT2D eigenvalue weighted by molar-refractivity contribution is 0.904. The number of anilines is 2. The predicted octanol–water partition coefficient (Wildman–Crippen LogP) is 6.62. The van der Waals surface area contributed by atoms with Crippen molar-refractivity contribution >= 4 is 33.0 Å². The minimum absolute atomic E-state index is 0.997. The zero-order valence-electron chi connectivity index (χ0n) is 16.6. The van der Waals surface area contributed by atoms with E-state index in [2.05, 4.69) is 59.2 Å². The van der Waals surface area contributed by atoms with Crippen LogP contribution in [0.25, 0.3) is 0 Å². The van der Waals surface area contributed by atoms with E-state index < -0.39 is 0 Å². The van der Waals surface area contributed by atoms with Gasteiger partial charge in [-0.25, -0.2) is 0 Å². The summed E-state index contributed by atoms with van der Waals surface area (Å²) in [6.45, 7) is 1.99. The number of para-hydroxylation sites is 2. The van der Waals surface area contributed by atoms with Gasteiger partial charge in [0.25, 0.3) is 0 Å². The first-order chi connectivity index (χ1) is 12.4. The third-order valence-electron chi connectivity index (χ3n) is 2.98. The number of hydrogen-bond acceptors (Lipinski definition) is 4. The Kier molecular flexibility index (Phi) is 7.43. The lowest BCUT2D eigenvalue weighted by Crippen LogP contribution is -2.09. The second-order valence-electron chi connectivity index (χ2n) is 4.37. The molecule has 1 heterocycles. The Morgan fingerprint density at radius 3 is 1.59 bits per heavy atom.